The van der Waals surface area contributed by atoms with E-state index in [0.717, 1.165) is 13.0 Å². The Morgan fingerprint density at radius 3 is 2.22 bits per heavy atom. The fraction of sp³-hybridized carbons (Fsp3) is 0.867. The summed E-state index contributed by atoms with van der Waals surface area (Å²) < 4.78 is 10.3. The fourth-order valence-electron chi connectivity index (χ4n) is 1.57. The second kappa shape index (κ2) is 11.7. The maximum atomic E-state index is 11.8. The molecule has 0 bridgehead atoms. The van der Waals surface area contributed by atoms with Gasteiger partial charge in [-0.1, -0.05) is 0 Å². The van der Waals surface area contributed by atoms with Crippen LogP contribution >= 0.6 is 24.0 Å². The number of carbonyl (C=O) groups excluding carboxylic acids is 1. The molecule has 0 rings (SSSR count). The van der Waals surface area contributed by atoms with Crippen LogP contribution in [0.4, 0.5) is 4.79 Å². The predicted octanol–water partition coefficient (Wildman–Crippen LogP) is 2.11. The number of halogens is 1. The van der Waals surface area contributed by atoms with Crippen LogP contribution in [0.1, 0.15) is 41.0 Å². The molecule has 0 aromatic rings. The average Bonchev–Trinajstić information content (AvgIpc) is 2.34. The van der Waals surface area contributed by atoms with Crippen molar-refractivity contribution in [2.24, 2.45) is 4.99 Å². The molecule has 0 heterocycles. The van der Waals surface area contributed by atoms with E-state index in [9.17, 15) is 4.79 Å². The molecule has 138 valence electrons. The van der Waals surface area contributed by atoms with Gasteiger partial charge in [-0.3, -0.25) is 4.99 Å². The highest BCUT2D eigenvalue weighted by Crippen LogP contribution is 2.09. The largest absolute Gasteiger partial charge is 0.444 e. The summed E-state index contributed by atoms with van der Waals surface area (Å²) in [6.07, 6.45) is 0.471. The van der Waals surface area contributed by atoms with Crippen LogP contribution in [-0.2, 0) is 9.47 Å². The van der Waals surface area contributed by atoms with Gasteiger partial charge >= 0.3 is 6.09 Å². The molecule has 0 aliphatic carbocycles. The van der Waals surface area contributed by atoms with Gasteiger partial charge in [0.25, 0.3) is 0 Å². The zero-order valence-corrected chi connectivity index (χ0v) is 17.7. The maximum Gasteiger partial charge on any atom is 0.408 e. The van der Waals surface area contributed by atoms with Gasteiger partial charge in [0, 0.05) is 33.9 Å². The third-order valence-electron chi connectivity index (χ3n) is 2.58. The number of guanidine groups is 1. The number of aliphatic imine (C=N–C) groups is 1. The van der Waals surface area contributed by atoms with E-state index in [1.165, 1.54) is 0 Å². The molecule has 0 radical (unpaired) electrons. The van der Waals surface area contributed by atoms with Crippen molar-refractivity contribution < 1.29 is 14.3 Å². The van der Waals surface area contributed by atoms with E-state index in [0.29, 0.717) is 19.1 Å². The molecule has 1 amide bonds. The first-order valence-corrected chi connectivity index (χ1v) is 7.54. The molecule has 7 nitrogen and oxygen atoms in total. The monoisotopic (exact) mass is 444 g/mol. The van der Waals surface area contributed by atoms with Gasteiger partial charge in [0.2, 0.25) is 0 Å². The lowest BCUT2D eigenvalue weighted by molar-refractivity contribution is 0.0474. The summed E-state index contributed by atoms with van der Waals surface area (Å²) in [7, 11) is 3.39. The first kappa shape index (κ1) is 24.5. The molecule has 0 unspecified atom stereocenters. The second-order valence-corrected chi connectivity index (χ2v) is 6.71. The number of alkyl carbamates (subject to hydrolysis) is 1. The van der Waals surface area contributed by atoms with Crippen molar-refractivity contribution in [3.05, 3.63) is 0 Å². The Hall–Kier alpha value is -0.770. The van der Waals surface area contributed by atoms with E-state index < -0.39 is 17.2 Å². The van der Waals surface area contributed by atoms with Crippen LogP contribution in [0.25, 0.3) is 0 Å². The summed E-state index contributed by atoms with van der Waals surface area (Å²) in [5.41, 5.74) is -0.973. The van der Waals surface area contributed by atoms with Crippen molar-refractivity contribution in [2.75, 3.05) is 33.9 Å². The second-order valence-electron chi connectivity index (χ2n) is 6.71. The zero-order chi connectivity index (χ0) is 17.2. The molecule has 0 spiro atoms. The van der Waals surface area contributed by atoms with Crippen LogP contribution in [-0.4, -0.2) is 57.0 Å². The standard InChI is InChI=1S/C15H32N4O3.HI/c1-14(2,3)22-13(20)19-15(4,5)11-18-12(16-6)17-9-8-10-21-7;/h8-11H2,1-7H3,(H,19,20)(H2,16,17,18);1H. The molecule has 0 aromatic carbocycles. The van der Waals surface area contributed by atoms with Crippen LogP contribution in [0.3, 0.4) is 0 Å². The number of hydrogen-bond donors (Lipinski definition) is 3. The number of nitrogens with zero attached hydrogens (tertiary/aromatic N) is 1. The van der Waals surface area contributed by atoms with E-state index >= 15 is 0 Å². The molecule has 8 heteroatoms. The number of methoxy groups -OCH3 is 1. The third-order valence-corrected chi connectivity index (χ3v) is 2.58. The summed E-state index contributed by atoms with van der Waals surface area (Å²) in [4.78, 5) is 15.9. The number of ether oxygens (including phenoxy) is 2. The first-order chi connectivity index (χ1) is 10.1. The molecule has 0 aromatic heterocycles. The van der Waals surface area contributed by atoms with E-state index in [1.54, 1.807) is 14.2 Å². The molecule has 0 aliphatic heterocycles. The van der Waals surface area contributed by atoms with Crippen molar-refractivity contribution >= 4 is 36.0 Å². The van der Waals surface area contributed by atoms with Gasteiger partial charge in [-0.25, -0.2) is 4.79 Å². The number of hydrogen-bond acceptors (Lipinski definition) is 4. The number of amides is 1. The SMILES string of the molecule is CN=C(NCCCOC)NCC(C)(C)NC(=O)OC(C)(C)C.I. The van der Waals surface area contributed by atoms with Gasteiger partial charge < -0.3 is 25.4 Å². The molecule has 23 heavy (non-hydrogen) atoms. The van der Waals surface area contributed by atoms with E-state index in [-0.39, 0.29) is 24.0 Å². The highest BCUT2D eigenvalue weighted by molar-refractivity contribution is 14.0. The van der Waals surface area contributed by atoms with Crippen molar-refractivity contribution in [1.82, 2.24) is 16.0 Å². The fourth-order valence-corrected chi connectivity index (χ4v) is 1.57. The molecule has 0 atom stereocenters. The Morgan fingerprint density at radius 2 is 1.74 bits per heavy atom. The molecule has 0 aliphatic rings. The lowest BCUT2D eigenvalue weighted by atomic mass is 10.1. The molecular formula is C15H33IN4O3. The first-order valence-electron chi connectivity index (χ1n) is 7.54. The predicted molar refractivity (Wildman–Crippen MR) is 105 cm³/mol. The molecule has 0 fully saturated rings. The Kier molecular flexibility index (Phi) is 12.5. The van der Waals surface area contributed by atoms with E-state index in [4.69, 9.17) is 9.47 Å². The van der Waals surface area contributed by atoms with Crippen LogP contribution in [0.15, 0.2) is 4.99 Å². The maximum absolute atomic E-state index is 11.8. The average molecular weight is 444 g/mol. The quantitative estimate of drug-likeness (QED) is 0.243. The van der Waals surface area contributed by atoms with Crippen LogP contribution in [0.5, 0.6) is 0 Å². The van der Waals surface area contributed by atoms with Gasteiger partial charge in [0.15, 0.2) is 5.96 Å². The van der Waals surface area contributed by atoms with Gasteiger partial charge in [0.1, 0.15) is 5.60 Å². The topological polar surface area (TPSA) is 84.0 Å². The summed E-state index contributed by atoms with van der Waals surface area (Å²) >= 11 is 0. The normalized spacial score (nSPS) is 12.2. The Balaban J connectivity index is 0. The van der Waals surface area contributed by atoms with Crippen molar-refractivity contribution in [3.63, 3.8) is 0 Å². The minimum absolute atomic E-state index is 0. The lowest BCUT2D eigenvalue weighted by Gasteiger charge is -2.29. The minimum atomic E-state index is -0.507. The van der Waals surface area contributed by atoms with Gasteiger partial charge in [-0.05, 0) is 41.0 Å². The highest BCUT2D eigenvalue weighted by Gasteiger charge is 2.24. The number of rotatable bonds is 7. The summed E-state index contributed by atoms with van der Waals surface area (Å²) in [6.45, 7) is 11.3. The summed E-state index contributed by atoms with van der Waals surface area (Å²) in [5, 5.41) is 9.21. The summed E-state index contributed by atoms with van der Waals surface area (Å²) in [6, 6.07) is 0. The highest BCUT2D eigenvalue weighted by atomic mass is 127. The third kappa shape index (κ3) is 14.5. The van der Waals surface area contributed by atoms with Gasteiger partial charge in [-0.2, -0.15) is 0 Å². The van der Waals surface area contributed by atoms with Crippen LogP contribution < -0.4 is 16.0 Å². The molecule has 0 saturated carbocycles. The van der Waals surface area contributed by atoms with E-state index in [2.05, 4.69) is 20.9 Å². The van der Waals surface area contributed by atoms with Crippen molar-refractivity contribution in [1.29, 1.82) is 0 Å². The number of carbonyl (C=O) groups is 1. The number of nitrogens with one attached hydrogen (secondary N) is 3. The van der Waals surface area contributed by atoms with Crippen LogP contribution in [0, 0.1) is 0 Å². The Morgan fingerprint density at radius 1 is 1.13 bits per heavy atom. The van der Waals surface area contributed by atoms with E-state index in [1.807, 2.05) is 34.6 Å². The Labute approximate surface area is 157 Å². The smallest absolute Gasteiger partial charge is 0.408 e. The molecule has 0 saturated heterocycles. The zero-order valence-electron chi connectivity index (χ0n) is 15.4. The molecular weight excluding hydrogens is 411 g/mol. The molecule has 3 N–H and O–H groups in total. The van der Waals surface area contributed by atoms with Crippen molar-refractivity contribution in [2.45, 2.75) is 52.2 Å². The van der Waals surface area contributed by atoms with Crippen LogP contribution in [0.2, 0.25) is 0 Å². The minimum Gasteiger partial charge on any atom is -0.444 e. The lowest BCUT2D eigenvalue weighted by Crippen LogP contribution is -2.54. The van der Waals surface area contributed by atoms with Crippen molar-refractivity contribution in [3.8, 4) is 0 Å². The van der Waals surface area contributed by atoms with Gasteiger partial charge in [-0.15, -0.1) is 24.0 Å². The van der Waals surface area contributed by atoms with Gasteiger partial charge in [0.05, 0.1) is 5.54 Å². The Bertz CT molecular complexity index is 368. The summed E-state index contributed by atoms with van der Waals surface area (Å²) in [5.74, 6) is 0.690.